The number of nitrogens with zero attached hydrogens (tertiary/aromatic N) is 4. The van der Waals surface area contributed by atoms with Crippen LogP contribution < -0.4 is 16.0 Å². The molecule has 0 aliphatic carbocycles. The average molecular weight is 493 g/mol. The highest BCUT2D eigenvalue weighted by Gasteiger charge is 2.44. The van der Waals surface area contributed by atoms with E-state index in [9.17, 15) is 4.79 Å². The number of carbonyl (C=O) groups excluding carboxylic acids is 1. The van der Waals surface area contributed by atoms with Gasteiger partial charge in [-0.05, 0) is 52.4 Å². The summed E-state index contributed by atoms with van der Waals surface area (Å²) < 4.78 is 0. The Morgan fingerprint density at radius 1 is 1.46 bits per heavy atom. The summed E-state index contributed by atoms with van der Waals surface area (Å²) in [6.07, 6.45) is 11.5. The molecule has 35 heavy (non-hydrogen) atoms. The molecule has 4 rings (SSSR count). The quantitative estimate of drug-likeness (QED) is 0.365. The second-order valence-electron chi connectivity index (χ2n) is 9.26. The van der Waals surface area contributed by atoms with E-state index in [0.29, 0.717) is 25.6 Å². The molecule has 4 heterocycles. The number of H-pyrrole nitrogens is 1. The minimum absolute atomic E-state index is 0.182. The van der Waals surface area contributed by atoms with Gasteiger partial charge >= 0.3 is 6.03 Å². The lowest BCUT2D eigenvalue weighted by molar-refractivity contribution is 0.139. The Morgan fingerprint density at radius 2 is 2.26 bits per heavy atom. The number of hydrogen-bond acceptors (Lipinski definition) is 7. The normalized spacial score (nSPS) is 17.5. The van der Waals surface area contributed by atoms with Crippen molar-refractivity contribution in [1.82, 2.24) is 25.3 Å². The van der Waals surface area contributed by atoms with Crippen molar-refractivity contribution in [1.29, 1.82) is 0 Å². The molecule has 4 N–H and O–H groups in total. The van der Waals surface area contributed by atoms with Crippen LogP contribution in [-0.4, -0.2) is 65.2 Å². The standard InChI is InChI=1S/C25H32N8OS/c1-7-9-10-16(8-2)19(14-32(5)6)28-24(34)33-13-17-21(25(33,3)4)30-31-22(17)29-23-20-18(11-12-35-20)26-15-27-23/h2,7,9-12,19,26H,13-15H2,1,3-6H3,(H,28,34)(H2,27,29,30,31)/b9-7-,16-10+/t19-/m1/s1. The number of hydrogen-bond donors (Lipinski definition) is 4. The average Bonchev–Trinajstić information content (AvgIpc) is 3.50. The number of urea groups is 1. The molecule has 2 aliphatic rings. The number of aromatic nitrogens is 2. The first-order chi connectivity index (χ1) is 16.8. The van der Waals surface area contributed by atoms with Crippen molar-refractivity contribution in [3.8, 4) is 12.3 Å². The minimum atomic E-state index is -0.581. The van der Waals surface area contributed by atoms with Crippen molar-refractivity contribution >= 4 is 34.7 Å². The molecule has 1 atom stereocenters. The first kappa shape index (κ1) is 24.6. The molecule has 184 valence electrons. The first-order valence-corrected chi connectivity index (χ1v) is 12.4. The van der Waals surface area contributed by atoms with Gasteiger partial charge in [0.15, 0.2) is 5.82 Å². The smallest absolute Gasteiger partial charge is 0.319 e. The Kier molecular flexibility index (Phi) is 7.00. The van der Waals surface area contributed by atoms with Crippen LogP contribution in [0.2, 0.25) is 0 Å². The van der Waals surface area contributed by atoms with E-state index in [1.807, 2.05) is 74.3 Å². The molecule has 0 saturated carbocycles. The molecule has 0 fully saturated rings. The summed E-state index contributed by atoms with van der Waals surface area (Å²) in [5.41, 5.74) is 3.06. The summed E-state index contributed by atoms with van der Waals surface area (Å²) >= 11 is 1.62. The second kappa shape index (κ2) is 9.98. The molecule has 10 heteroatoms. The Bertz CT molecular complexity index is 1230. The molecule has 0 saturated heterocycles. The molecule has 2 amide bonds. The summed E-state index contributed by atoms with van der Waals surface area (Å²) in [5.74, 6) is 4.20. The van der Waals surface area contributed by atoms with Crippen LogP contribution in [0.3, 0.4) is 0 Å². The van der Waals surface area contributed by atoms with Gasteiger partial charge in [0.1, 0.15) is 12.5 Å². The van der Waals surface area contributed by atoms with Crippen molar-refractivity contribution in [2.75, 3.05) is 37.9 Å². The summed E-state index contributed by atoms with van der Waals surface area (Å²) in [4.78, 5) is 23.0. The third-order valence-corrected chi connectivity index (χ3v) is 7.12. The lowest BCUT2D eigenvalue weighted by atomic mass is 10.0. The van der Waals surface area contributed by atoms with E-state index in [-0.39, 0.29) is 12.1 Å². The van der Waals surface area contributed by atoms with Gasteiger partial charge in [-0.3, -0.25) is 5.10 Å². The highest BCUT2D eigenvalue weighted by molar-refractivity contribution is 7.13. The molecule has 0 aromatic carbocycles. The maximum atomic E-state index is 13.5. The van der Waals surface area contributed by atoms with Crippen molar-refractivity contribution in [2.45, 2.75) is 38.9 Å². The van der Waals surface area contributed by atoms with Crippen LogP contribution in [0.25, 0.3) is 0 Å². The predicted octanol–water partition coefficient (Wildman–Crippen LogP) is 3.54. The number of nitrogens with one attached hydrogen (secondary N) is 4. The Balaban J connectivity index is 1.55. The summed E-state index contributed by atoms with van der Waals surface area (Å²) in [6, 6.07) is 1.55. The van der Waals surface area contributed by atoms with E-state index in [1.54, 1.807) is 11.3 Å². The second-order valence-corrected chi connectivity index (χ2v) is 10.2. The first-order valence-electron chi connectivity index (χ1n) is 11.5. The summed E-state index contributed by atoms with van der Waals surface area (Å²) in [6.45, 7) is 7.46. The van der Waals surface area contributed by atoms with E-state index in [2.05, 4.69) is 37.1 Å². The van der Waals surface area contributed by atoms with Crippen LogP contribution in [0.4, 0.5) is 16.3 Å². The van der Waals surface area contributed by atoms with Crippen molar-refractivity contribution < 1.29 is 4.79 Å². The van der Waals surface area contributed by atoms with Gasteiger partial charge in [-0.1, -0.05) is 18.1 Å². The topological polar surface area (TPSA) is 101 Å². The van der Waals surface area contributed by atoms with Crippen LogP contribution in [0.1, 0.15) is 36.9 Å². The monoisotopic (exact) mass is 492 g/mol. The molecule has 0 bridgehead atoms. The van der Waals surface area contributed by atoms with Crippen LogP contribution in [0.5, 0.6) is 0 Å². The molecule has 2 aromatic rings. The molecule has 0 spiro atoms. The maximum absolute atomic E-state index is 13.5. The van der Waals surface area contributed by atoms with Crippen molar-refractivity contribution in [3.05, 3.63) is 51.4 Å². The van der Waals surface area contributed by atoms with Gasteiger partial charge < -0.3 is 25.8 Å². The zero-order valence-corrected chi connectivity index (χ0v) is 21.6. The van der Waals surface area contributed by atoms with Gasteiger partial charge in [0.25, 0.3) is 0 Å². The zero-order chi connectivity index (χ0) is 25.2. The third kappa shape index (κ3) is 4.83. The van der Waals surface area contributed by atoms with Crippen LogP contribution >= 0.6 is 11.3 Å². The van der Waals surface area contributed by atoms with E-state index in [4.69, 9.17) is 6.42 Å². The van der Waals surface area contributed by atoms with Gasteiger partial charge in [0.2, 0.25) is 0 Å². The highest BCUT2D eigenvalue weighted by Crippen LogP contribution is 2.41. The van der Waals surface area contributed by atoms with Crippen molar-refractivity contribution in [3.63, 3.8) is 0 Å². The van der Waals surface area contributed by atoms with Crippen LogP contribution in [0.15, 0.2) is 40.2 Å². The number of anilines is 2. The Hall–Kier alpha value is -3.55. The van der Waals surface area contributed by atoms with Gasteiger partial charge in [-0.25, -0.2) is 9.79 Å². The van der Waals surface area contributed by atoms with E-state index >= 15 is 0 Å². The molecule has 0 unspecified atom stereocenters. The number of aromatic amines is 1. The number of amides is 2. The number of fused-ring (bicyclic) bond motifs is 2. The number of allylic oxidation sites excluding steroid dienone is 3. The number of thiophene rings is 1. The number of amidine groups is 1. The molecular formula is C25H32N8OS. The molecule has 9 nitrogen and oxygen atoms in total. The van der Waals surface area contributed by atoms with Gasteiger partial charge in [0, 0.05) is 17.7 Å². The fourth-order valence-electron chi connectivity index (χ4n) is 4.34. The van der Waals surface area contributed by atoms with E-state index in [1.165, 1.54) is 0 Å². The maximum Gasteiger partial charge on any atom is 0.319 e. The lowest BCUT2D eigenvalue weighted by Crippen LogP contribution is -2.52. The number of carbonyl (C=O) groups is 1. The Labute approximate surface area is 210 Å². The van der Waals surface area contributed by atoms with Crippen molar-refractivity contribution in [2.24, 2.45) is 4.99 Å². The molecule has 2 aromatic heterocycles. The summed E-state index contributed by atoms with van der Waals surface area (Å²) in [5, 5.41) is 19.5. The number of aliphatic imine (C=N–C) groups is 1. The number of rotatable bonds is 6. The molecule has 0 radical (unpaired) electrons. The van der Waals surface area contributed by atoms with E-state index in [0.717, 1.165) is 33.2 Å². The largest absolute Gasteiger partial charge is 0.365 e. The van der Waals surface area contributed by atoms with Crippen LogP contribution in [0, 0.1) is 12.3 Å². The SMILES string of the molecule is C#C/C(=C\C=C/C)[C@@H](CN(C)C)NC(=O)N1Cc2c(NC3=NCNc4ccsc43)n[nH]c2C1(C)C. The highest BCUT2D eigenvalue weighted by atomic mass is 32.1. The minimum Gasteiger partial charge on any atom is -0.365 e. The van der Waals surface area contributed by atoms with E-state index < -0.39 is 5.54 Å². The fraction of sp³-hybridized carbons (Fsp3) is 0.400. The Morgan fingerprint density at radius 3 is 2.97 bits per heavy atom. The van der Waals surface area contributed by atoms with Gasteiger partial charge in [0.05, 0.1) is 34.4 Å². The molecular weight excluding hydrogens is 460 g/mol. The lowest BCUT2D eigenvalue weighted by Gasteiger charge is -2.34. The van der Waals surface area contributed by atoms with Gasteiger partial charge in [-0.15, -0.1) is 17.8 Å². The summed E-state index contributed by atoms with van der Waals surface area (Å²) in [7, 11) is 3.92. The fourth-order valence-corrected chi connectivity index (χ4v) is 5.17. The van der Waals surface area contributed by atoms with Gasteiger partial charge in [-0.2, -0.15) is 5.10 Å². The third-order valence-electron chi connectivity index (χ3n) is 6.19. The number of likely N-dealkylation sites (N-methyl/N-ethyl adjacent to an activating group) is 1. The van der Waals surface area contributed by atoms with Crippen LogP contribution in [-0.2, 0) is 12.1 Å². The number of terminal acetylenes is 1. The predicted molar refractivity (Wildman–Crippen MR) is 143 cm³/mol. The molecule has 2 aliphatic heterocycles. The zero-order valence-electron chi connectivity index (χ0n) is 20.8.